The van der Waals surface area contributed by atoms with Gasteiger partial charge in [0.25, 0.3) is 0 Å². The van der Waals surface area contributed by atoms with Crippen LogP contribution in [0.25, 0.3) is 0 Å². The fourth-order valence-electron chi connectivity index (χ4n) is 2.15. The molecule has 0 saturated carbocycles. The maximum Gasteiger partial charge on any atom is 0.191 e. The average molecular weight is 445 g/mol. The molecule has 0 unspecified atom stereocenters. The zero-order valence-corrected chi connectivity index (χ0v) is 16.7. The molecule has 1 heterocycles. The predicted molar refractivity (Wildman–Crippen MR) is 105 cm³/mol. The summed E-state index contributed by atoms with van der Waals surface area (Å²) in [4.78, 5) is 4.22. The molecule has 0 fully saturated rings. The first-order valence-electron chi connectivity index (χ1n) is 7.29. The number of nitrogens with one attached hydrogen (secondary N) is 2. The third-order valence-electron chi connectivity index (χ3n) is 3.38. The first-order valence-corrected chi connectivity index (χ1v) is 7.29. The molecule has 2 aromatic rings. The Morgan fingerprint density at radius 2 is 1.96 bits per heavy atom. The maximum absolute atomic E-state index is 5.39. The Morgan fingerprint density at radius 1 is 1.21 bits per heavy atom. The molecule has 0 saturated heterocycles. The van der Waals surface area contributed by atoms with Crippen molar-refractivity contribution in [2.24, 2.45) is 12.0 Å². The van der Waals surface area contributed by atoms with Gasteiger partial charge >= 0.3 is 0 Å². The maximum atomic E-state index is 5.39. The molecular weight excluding hydrogens is 421 g/mol. The number of aryl methyl sites for hydroxylation is 1. The molecule has 0 amide bonds. The largest absolute Gasteiger partial charge is 0.497 e. The number of hydrogen-bond acceptors (Lipinski definition) is 4. The quantitative estimate of drug-likeness (QED) is 0.404. The molecule has 1 aromatic carbocycles. The van der Waals surface area contributed by atoms with Crippen molar-refractivity contribution in [3.05, 3.63) is 41.7 Å². The van der Waals surface area contributed by atoms with Gasteiger partial charge < -0.3 is 20.1 Å². The molecular formula is C16H24IN5O2. The number of methoxy groups -OCH3 is 2. The summed E-state index contributed by atoms with van der Waals surface area (Å²) in [7, 11) is 6.92. The topological polar surface area (TPSA) is 72.7 Å². The lowest BCUT2D eigenvalue weighted by Gasteiger charge is -2.14. The van der Waals surface area contributed by atoms with Crippen LogP contribution in [0.4, 0.5) is 0 Å². The lowest BCUT2D eigenvalue weighted by molar-refractivity contribution is 0.390. The molecule has 1 aromatic heterocycles. The molecule has 7 nitrogen and oxygen atoms in total. The third kappa shape index (κ3) is 5.59. The highest BCUT2D eigenvalue weighted by atomic mass is 127. The Kier molecular flexibility index (Phi) is 8.37. The average Bonchev–Trinajstić information content (AvgIpc) is 3.00. The number of aliphatic imine (C=N–C) groups is 1. The minimum atomic E-state index is 0. The molecule has 0 aliphatic carbocycles. The minimum absolute atomic E-state index is 0. The Hall–Kier alpha value is -1.97. The highest BCUT2D eigenvalue weighted by molar-refractivity contribution is 14.0. The minimum Gasteiger partial charge on any atom is -0.497 e. The van der Waals surface area contributed by atoms with Gasteiger partial charge in [-0.2, -0.15) is 5.10 Å². The smallest absolute Gasteiger partial charge is 0.191 e. The van der Waals surface area contributed by atoms with Crippen molar-refractivity contribution in [3.63, 3.8) is 0 Å². The number of benzene rings is 1. The summed E-state index contributed by atoms with van der Waals surface area (Å²) in [5.41, 5.74) is 2.12. The molecule has 0 atom stereocenters. The number of ether oxygens (including phenoxy) is 2. The zero-order chi connectivity index (χ0) is 16.7. The van der Waals surface area contributed by atoms with Gasteiger partial charge in [-0.05, 0) is 12.1 Å². The van der Waals surface area contributed by atoms with Gasteiger partial charge in [-0.15, -0.1) is 24.0 Å². The fraction of sp³-hybridized carbons (Fsp3) is 0.375. The van der Waals surface area contributed by atoms with Gasteiger partial charge in [-0.25, -0.2) is 0 Å². The van der Waals surface area contributed by atoms with Gasteiger partial charge in [0.15, 0.2) is 5.96 Å². The highest BCUT2D eigenvalue weighted by Crippen LogP contribution is 2.24. The highest BCUT2D eigenvalue weighted by Gasteiger charge is 2.06. The zero-order valence-electron chi connectivity index (χ0n) is 14.4. The second kappa shape index (κ2) is 10.0. The molecule has 132 valence electrons. The lowest BCUT2D eigenvalue weighted by Crippen LogP contribution is -2.36. The van der Waals surface area contributed by atoms with E-state index in [-0.39, 0.29) is 24.0 Å². The van der Waals surface area contributed by atoms with Crippen LogP contribution in [0, 0.1) is 0 Å². The second-order valence-electron chi connectivity index (χ2n) is 4.98. The number of aromatic nitrogens is 2. The van der Waals surface area contributed by atoms with E-state index in [1.165, 1.54) is 0 Å². The van der Waals surface area contributed by atoms with Crippen molar-refractivity contribution in [3.8, 4) is 11.5 Å². The number of halogens is 1. The standard InChI is InChI=1S/C16H23N5O2.HI/c1-17-16(18-8-12-9-20-21(2)11-12)19-10-13-5-6-14(22-3)7-15(13)23-4;/h5-7,9,11H,8,10H2,1-4H3,(H2,17,18,19);1H. The Labute approximate surface area is 159 Å². The van der Waals surface area contributed by atoms with Crippen LogP contribution in [0.1, 0.15) is 11.1 Å². The molecule has 8 heteroatoms. The van der Waals surface area contributed by atoms with Gasteiger partial charge in [0.2, 0.25) is 0 Å². The van der Waals surface area contributed by atoms with E-state index in [1.807, 2.05) is 37.6 Å². The van der Waals surface area contributed by atoms with Crippen molar-refractivity contribution in [1.82, 2.24) is 20.4 Å². The van der Waals surface area contributed by atoms with E-state index in [2.05, 4.69) is 20.7 Å². The molecule has 0 radical (unpaired) electrons. The van der Waals surface area contributed by atoms with Crippen LogP contribution in [0.2, 0.25) is 0 Å². The molecule has 0 aliphatic heterocycles. The molecule has 0 bridgehead atoms. The molecule has 2 rings (SSSR count). The van der Waals surface area contributed by atoms with Crippen molar-refractivity contribution in [2.75, 3.05) is 21.3 Å². The van der Waals surface area contributed by atoms with E-state index < -0.39 is 0 Å². The number of nitrogens with zero attached hydrogens (tertiary/aromatic N) is 3. The second-order valence-corrected chi connectivity index (χ2v) is 4.98. The summed E-state index contributed by atoms with van der Waals surface area (Å²) in [6, 6.07) is 5.74. The fourth-order valence-corrected chi connectivity index (χ4v) is 2.15. The summed E-state index contributed by atoms with van der Waals surface area (Å²) in [5.74, 6) is 2.26. The van der Waals surface area contributed by atoms with E-state index in [1.54, 1.807) is 25.9 Å². The van der Waals surface area contributed by atoms with Crippen LogP contribution in [0.5, 0.6) is 11.5 Å². The van der Waals surface area contributed by atoms with Crippen molar-refractivity contribution in [1.29, 1.82) is 0 Å². The van der Waals surface area contributed by atoms with Gasteiger partial charge in [0.1, 0.15) is 11.5 Å². The van der Waals surface area contributed by atoms with Gasteiger partial charge in [-0.1, -0.05) is 0 Å². The Balaban J connectivity index is 0.00000288. The van der Waals surface area contributed by atoms with E-state index in [9.17, 15) is 0 Å². The lowest BCUT2D eigenvalue weighted by atomic mass is 10.2. The summed E-state index contributed by atoms with van der Waals surface area (Å²) in [5, 5.41) is 10.7. The van der Waals surface area contributed by atoms with Gasteiger partial charge in [0.05, 0.1) is 20.4 Å². The summed E-state index contributed by atoms with van der Waals surface area (Å²) < 4.78 is 12.4. The van der Waals surface area contributed by atoms with Crippen LogP contribution >= 0.6 is 24.0 Å². The van der Waals surface area contributed by atoms with E-state index in [0.29, 0.717) is 19.0 Å². The molecule has 2 N–H and O–H groups in total. The normalized spacial score (nSPS) is 10.8. The first kappa shape index (κ1) is 20.1. The molecule has 0 spiro atoms. The molecule has 0 aliphatic rings. The van der Waals surface area contributed by atoms with E-state index in [4.69, 9.17) is 9.47 Å². The van der Waals surface area contributed by atoms with Crippen LogP contribution < -0.4 is 20.1 Å². The summed E-state index contributed by atoms with van der Waals surface area (Å²) >= 11 is 0. The number of hydrogen-bond donors (Lipinski definition) is 2. The number of guanidine groups is 1. The first-order chi connectivity index (χ1) is 11.2. The van der Waals surface area contributed by atoms with Crippen LogP contribution in [0.3, 0.4) is 0 Å². The SMILES string of the molecule is CN=C(NCc1cnn(C)c1)NCc1ccc(OC)cc1OC.I. The molecule has 24 heavy (non-hydrogen) atoms. The van der Waals surface area contributed by atoms with E-state index in [0.717, 1.165) is 22.6 Å². The summed E-state index contributed by atoms with van der Waals surface area (Å²) in [6.07, 6.45) is 3.79. The van der Waals surface area contributed by atoms with Crippen LogP contribution in [-0.2, 0) is 20.1 Å². The Morgan fingerprint density at radius 3 is 2.54 bits per heavy atom. The van der Waals surface area contributed by atoms with Crippen LogP contribution in [-0.4, -0.2) is 37.0 Å². The van der Waals surface area contributed by atoms with Crippen molar-refractivity contribution < 1.29 is 9.47 Å². The van der Waals surface area contributed by atoms with Crippen molar-refractivity contribution >= 4 is 29.9 Å². The van der Waals surface area contributed by atoms with Crippen molar-refractivity contribution in [2.45, 2.75) is 13.1 Å². The number of rotatable bonds is 6. The Bertz CT molecular complexity index is 672. The monoisotopic (exact) mass is 445 g/mol. The third-order valence-corrected chi connectivity index (χ3v) is 3.38. The van der Waals surface area contributed by atoms with Gasteiger partial charge in [-0.3, -0.25) is 9.67 Å². The van der Waals surface area contributed by atoms with Gasteiger partial charge in [0, 0.05) is 50.6 Å². The predicted octanol–water partition coefficient (Wildman–Crippen LogP) is 1.92. The van der Waals surface area contributed by atoms with Crippen LogP contribution in [0.15, 0.2) is 35.6 Å². The van der Waals surface area contributed by atoms with E-state index >= 15 is 0 Å². The summed E-state index contributed by atoms with van der Waals surface area (Å²) in [6.45, 7) is 1.26.